The van der Waals surface area contributed by atoms with Crippen LogP contribution in [0.4, 0.5) is 11.4 Å². The number of nitrogens with one attached hydrogen (secondary N) is 2. The molecule has 1 aliphatic rings. The molecule has 0 aliphatic carbocycles. The molecule has 1 heterocycles. The van der Waals surface area contributed by atoms with Crippen molar-refractivity contribution in [3.63, 3.8) is 0 Å². The molecule has 116 valence electrons. The lowest BCUT2D eigenvalue weighted by Crippen LogP contribution is -2.05. The number of fused-ring (bicyclic) bond motifs is 1. The number of hydrogen-bond donors (Lipinski definition) is 4. The van der Waals surface area contributed by atoms with E-state index in [0.717, 1.165) is 16.8 Å². The van der Waals surface area contributed by atoms with Gasteiger partial charge in [-0.05, 0) is 30.7 Å². The van der Waals surface area contributed by atoms with E-state index in [9.17, 15) is 14.7 Å². The molecule has 0 saturated carbocycles. The minimum atomic E-state index is -1.20. The summed E-state index contributed by atoms with van der Waals surface area (Å²) in [5.74, 6) is -1.76. The number of amides is 1. The van der Waals surface area contributed by atoms with Gasteiger partial charge in [0.25, 0.3) is 5.91 Å². The van der Waals surface area contributed by atoms with Gasteiger partial charge in [0.2, 0.25) is 0 Å². The van der Waals surface area contributed by atoms with E-state index >= 15 is 0 Å². The highest BCUT2D eigenvalue weighted by molar-refractivity contribution is 6.32. The number of carboxylic acids is 1. The standard InChI is InChI=1S/C17H14N2O4/c1-9-3-2-4-13-15(9)12(16(21)19-13)8-18-10-5-6-11(17(22)23)14(20)7-10/h2-8,18,20H,1H3,(H,19,21)(H,22,23)/b12-8-. The summed E-state index contributed by atoms with van der Waals surface area (Å²) in [6.07, 6.45) is 1.55. The highest BCUT2D eigenvalue weighted by atomic mass is 16.4. The second kappa shape index (κ2) is 5.49. The number of benzene rings is 2. The maximum Gasteiger partial charge on any atom is 0.339 e. The number of carboxylic acid groups (broad SMARTS) is 1. The lowest BCUT2D eigenvalue weighted by atomic mass is 10.0. The number of aromatic hydroxyl groups is 1. The molecule has 6 heteroatoms. The Labute approximate surface area is 132 Å². The van der Waals surface area contributed by atoms with E-state index < -0.39 is 5.97 Å². The van der Waals surface area contributed by atoms with E-state index in [-0.39, 0.29) is 17.2 Å². The molecular weight excluding hydrogens is 296 g/mol. The smallest absolute Gasteiger partial charge is 0.339 e. The van der Waals surface area contributed by atoms with Gasteiger partial charge in [-0.2, -0.15) is 0 Å². The third kappa shape index (κ3) is 2.62. The molecule has 0 aromatic heterocycles. The first-order valence-electron chi connectivity index (χ1n) is 6.91. The monoisotopic (exact) mass is 310 g/mol. The van der Waals surface area contributed by atoms with Crippen LogP contribution < -0.4 is 10.6 Å². The van der Waals surface area contributed by atoms with Gasteiger partial charge < -0.3 is 20.8 Å². The van der Waals surface area contributed by atoms with Crippen LogP contribution >= 0.6 is 0 Å². The Morgan fingerprint density at radius 2 is 2.04 bits per heavy atom. The summed E-state index contributed by atoms with van der Waals surface area (Å²) in [5, 5.41) is 24.3. The number of carbonyl (C=O) groups excluding carboxylic acids is 1. The Morgan fingerprint density at radius 1 is 1.26 bits per heavy atom. The molecule has 1 aliphatic heterocycles. The number of hydrogen-bond acceptors (Lipinski definition) is 4. The van der Waals surface area contributed by atoms with Gasteiger partial charge in [-0.15, -0.1) is 0 Å². The van der Waals surface area contributed by atoms with Crippen molar-refractivity contribution in [2.75, 3.05) is 10.6 Å². The molecule has 1 amide bonds. The van der Waals surface area contributed by atoms with Gasteiger partial charge in [0, 0.05) is 29.2 Å². The molecule has 0 spiro atoms. The summed E-state index contributed by atoms with van der Waals surface area (Å²) in [6, 6.07) is 9.73. The normalized spacial score (nSPS) is 14.5. The van der Waals surface area contributed by atoms with Gasteiger partial charge >= 0.3 is 5.97 Å². The number of phenols is 1. The van der Waals surface area contributed by atoms with Gasteiger partial charge in [0.15, 0.2) is 0 Å². The van der Waals surface area contributed by atoms with E-state index in [4.69, 9.17) is 5.11 Å². The highest BCUT2D eigenvalue weighted by Crippen LogP contribution is 2.34. The zero-order chi connectivity index (χ0) is 16.6. The Bertz CT molecular complexity index is 856. The molecule has 2 aromatic carbocycles. The summed E-state index contributed by atoms with van der Waals surface area (Å²) in [7, 11) is 0. The van der Waals surface area contributed by atoms with Gasteiger partial charge in [-0.25, -0.2) is 4.79 Å². The molecule has 0 atom stereocenters. The summed E-state index contributed by atoms with van der Waals surface area (Å²) in [4.78, 5) is 22.9. The fourth-order valence-electron chi connectivity index (χ4n) is 2.53. The number of anilines is 2. The van der Waals surface area contributed by atoms with E-state index in [1.54, 1.807) is 6.20 Å². The van der Waals surface area contributed by atoms with Gasteiger partial charge in [0.1, 0.15) is 11.3 Å². The fraction of sp³-hybridized carbons (Fsp3) is 0.0588. The van der Waals surface area contributed by atoms with E-state index in [1.807, 2.05) is 25.1 Å². The van der Waals surface area contributed by atoms with E-state index in [0.29, 0.717) is 11.3 Å². The lowest BCUT2D eigenvalue weighted by Gasteiger charge is -2.06. The second-order valence-electron chi connectivity index (χ2n) is 5.19. The predicted octanol–water partition coefficient (Wildman–Crippen LogP) is 2.80. The van der Waals surface area contributed by atoms with E-state index in [1.165, 1.54) is 18.2 Å². The van der Waals surface area contributed by atoms with Crippen LogP contribution in [0.15, 0.2) is 42.6 Å². The number of aryl methyl sites for hydroxylation is 1. The first-order chi connectivity index (χ1) is 11.0. The van der Waals surface area contributed by atoms with Crippen LogP contribution in [0.5, 0.6) is 5.75 Å². The average Bonchev–Trinajstić information content (AvgIpc) is 2.81. The fourth-order valence-corrected chi connectivity index (χ4v) is 2.53. The Balaban J connectivity index is 1.91. The molecule has 6 nitrogen and oxygen atoms in total. The number of rotatable bonds is 3. The van der Waals surface area contributed by atoms with Crippen LogP contribution in [0.25, 0.3) is 5.57 Å². The zero-order valence-corrected chi connectivity index (χ0v) is 12.3. The quantitative estimate of drug-likeness (QED) is 0.653. The van der Waals surface area contributed by atoms with Crippen molar-refractivity contribution in [2.24, 2.45) is 0 Å². The van der Waals surface area contributed by atoms with Crippen LogP contribution in [0.2, 0.25) is 0 Å². The Kier molecular flexibility index (Phi) is 3.50. The maximum atomic E-state index is 12.1. The third-order valence-electron chi connectivity index (χ3n) is 3.65. The summed E-state index contributed by atoms with van der Waals surface area (Å²) < 4.78 is 0. The molecular formula is C17H14N2O4. The largest absolute Gasteiger partial charge is 0.507 e. The third-order valence-corrected chi connectivity index (χ3v) is 3.65. The highest BCUT2D eigenvalue weighted by Gasteiger charge is 2.25. The van der Waals surface area contributed by atoms with Crippen molar-refractivity contribution in [3.8, 4) is 5.75 Å². The van der Waals surface area contributed by atoms with Gasteiger partial charge in [0.05, 0.1) is 5.57 Å². The first kappa shape index (κ1) is 14.6. The van der Waals surface area contributed by atoms with Crippen molar-refractivity contribution in [3.05, 3.63) is 59.3 Å². The first-order valence-corrected chi connectivity index (χ1v) is 6.91. The topological polar surface area (TPSA) is 98.7 Å². The average molecular weight is 310 g/mol. The van der Waals surface area contributed by atoms with Crippen LogP contribution in [-0.2, 0) is 4.79 Å². The summed E-state index contributed by atoms with van der Waals surface area (Å²) in [5.41, 5.74) is 3.35. The molecule has 3 rings (SSSR count). The SMILES string of the molecule is Cc1cccc2c1/C(=C/Nc1ccc(C(=O)O)c(O)c1)C(=O)N2. The van der Waals surface area contributed by atoms with Gasteiger partial charge in [-0.1, -0.05) is 12.1 Å². The Morgan fingerprint density at radius 3 is 2.74 bits per heavy atom. The summed E-state index contributed by atoms with van der Waals surface area (Å²) in [6.45, 7) is 1.92. The summed E-state index contributed by atoms with van der Waals surface area (Å²) >= 11 is 0. The van der Waals surface area contributed by atoms with Crippen LogP contribution in [-0.4, -0.2) is 22.1 Å². The predicted molar refractivity (Wildman–Crippen MR) is 86.5 cm³/mol. The maximum absolute atomic E-state index is 12.1. The van der Waals surface area contributed by atoms with E-state index in [2.05, 4.69) is 10.6 Å². The molecule has 4 N–H and O–H groups in total. The minimum absolute atomic E-state index is 0.178. The van der Waals surface area contributed by atoms with Crippen molar-refractivity contribution in [1.29, 1.82) is 0 Å². The molecule has 0 radical (unpaired) electrons. The molecule has 0 unspecified atom stereocenters. The number of carbonyl (C=O) groups is 2. The van der Waals surface area contributed by atoms with Gasteiger partial charge in [-0.3, -0.25) is 4.79 Å². The molecule has 2 aromatic rings. The molecule has 0 saturated heterocycles. The van der Waals surface area contributed by atoms with Crippen LogP contribution in [0.3, 0.4) is 0 Å². The van der Waals surface area contributed by atoms with Crippen molar-refractivity contribution in [1.82, 2.24) is 0 Å². The zero-order valence-electron chi connectivity index (χ0n) is 12.3. The Hall–Kier alpha value is -3.28. The van der Waals surface area contributed by atoms with Crippen molar-refractivity contribution >= 4 is 28.8 Å². The lowest BCUT2D eigenvalue weighted by molar-refractivity contribution is -0.110. The van der Waals surface area contributed by atoms with Crippen molar-refractivity contribution in [2.45, 2.75) is 6.92 Å². The number of aromatic carboxylic acids is 1. The molecule has 0 fully saturated rings. The van der Waals surface area contributed by atoms with Crippen LogP contribution in [0.1, 0.15) is 21.5 Å². The minimum Gasteiger partial charge on any atom is -0.507 e. The van der Waals surface area contributed by atoms with Crippen molar-refractivity contribution < 1.29 is 19.8 Å². The van der Waals surface area contributed by atoms with Crippen LogP contribution in [0, 0.1) is 6.92 Å². The second-order valence-corrected chi connectivity index (χ2v) is 5.19. The molecule has 0 bridgehead atoms. The molecule has 23 heavy (non-hydrogen) atoms.